The van der Waals surface area contributed by atoms with Crippen LogP contribution < -0.4 is 19.6 Å². The molecular formula is C20H20CuN8O2S4. The van der Waals surface area contributed by atoms with Crippen molar-refractivity contribution >= 4 is 67.4 Å². The molecule has 187 valence electrons. The van der Waals surface area contributed by atoms with Crippen molar-refractivity contribution in [2.75, 3.05) is 28.2 Å². The molecule has 0 aromatic carbocycles. The van der Waals surface area contributed by atoms with Crippen LogP contribution in [0.4, 0.5) is 10.3 Å². The Bertz CT molecular complexity index is 1500. The summed E-state index contributed by atoms with van der Waals surface area (Å²) in [5.74, 6) is -0.188. The summed E-state index contributed by atoms with van der Waals surface area (Å²) in [6.07, 6.45) is 0. The van der Waals surface area contributed by atoms with Gasteiger partial charge in [0.05, 0.1) is 16.3 Å². The molecule has 0 saturated heterocycles. The summed E-state index contributed by atoms with van der Waals surface area (Å²) in [5.41, 5.74) is 2.66. The SMILES string of the molecule is Cc1nc(/N=c2\[n-]c(-c3csc(/N=c4\[n-]c(C)c(C(=O)N(C)C)s4)n3)cs2)sc1C(=O)N(C)C.[Cu+2]. The van der Waals surface area contributed by atoms with Gasteiger partial charge in [0, 0.05) is 43.2 Å². The van der Waals surface area contributed by atoms with Gasteiger partial charge in [-0.2, -0.15) is 11.3 Å². The number of nitrogens with zero attached hydrogens (tertiary/aromatic N) is 8. The summed E-state index contributed by atoms with van der Waals surface area (Å²) >= 11 is 5.23. The maximum Gasteiger partial charge on any atom is 2.00 e. The van der Waals surface area contributed by atoms with Crippen molar-refractivity contribution in [1.82, 2.24) is 29.7 Å². The molecule has 0 aliphatic heterocycles. The summed E-state index contributed by atoms with van der Waals surface area (Å²) in [4.78, 5) is 56.5. The summed E-state index contributed by atoms with van der Waals surface area (Å²) in [6.45, 7) is 3.59. The van der Waals surface area contributed by atoms with E-state index in [-0.39, 0.29) is 28.9 Å². The maximum atomic E-state index is 12.2. The molecule has 1 radical (unpaired) electrons. The van der Waals surface area contributed by atoms with Crippen molar-refractivity contribution < 1.29 is 26.7 Å². The number of carbonyl (C=O) groups excluding carboxylic acids is 2. The van der Waals surface area contributed by atoms with Crippen LogP contribution in [-0.2, 0) is 17.1 Å². The van der Waals surface area contributed by atoms with Crippen molar-refractivity contribution in [2.45, 2.75) is 13.8 Å². The Morgan fingerprint density at radius 3 is 2.17 bits per heavy atom. The van der Waals surface area contributed by atoms with Gasteiger partial charge in [0.25, 0.3) is 11.8 Å². The predicted molar refractivity (Wildman–Crippen MR) is 134 cm³/mol. The summed E-state index contributed by atoms with van der Waals surface area (Å²) in [6, 6.07) is 0. The topological polar surface area (TPSA) is 119 Å². The molecule has 15 heteroatoms. The first-order valence-corrected chi connectivity index (χ1v) is 13.2. The van der Waals surface area contributed by atoms with Crippen LogP contribution in [0.15, 0.2) is 20.7 Å². The van der Waals surface area contributed by atoms with Crippen LogP contribution in [0.5, 0.6) is 0 Å². The van der Waals surface area contributed by atoms with Gasteiger partial charge in [-0.05, 0) is 30.6 Å². The molecule has 0 aliphatic carbocycles. The average Bonchev–Trinajstić information content (AvgIpc) is 3.55. The zero-order chi connectivity index (χ0) is 24.6. The Morgan fingerprint density at radius 2 is 1.49 bits per heavy atom. The van der Waals surface area contributed by atoms with Gasteiger partial charge in [-0.3, -0.25) is 9.59 Å². The minimum atomic E-state index is -0.0938. The fraction of sp³-hybridized carbons (Fsp3) is 0.300. The monoisotopic (exact) mass is 595 g/mol. The van der Waals surface area contributed by atoms with E-state index in [1.165, 1.54) is 55.1 Å². The predicted octanol–water partition coefficient (Wildman–Crippen LogP) is 2.79. The summed E-state index contributed by atoms with van der Waals surface area (Å²) in [5, 5.41) is 4.75. The fourth-order valence-corrected chi connectivity index (χ4v) is 6.09. The molecule has 0 fully saturated rings. The van der Waals surface area contributed by atoms with Gasteiger partial charge < -0.3 is 29.8 Å². The molecule has 0 saturated carbocycles. The number of rotatable bonds is 5. The minimum Gasteiger partial charge on any atom is -0.430 e. The van der Waals surface area contributed by atoms with Gasteiger partial charge in [0.15, 0.2) is 0 Å². The Labute approximate surface area is 227 Å². The number of aromatic nitrogens is 4. The first kappa shape index (κ1) is 27.2. The largest absolute Gasteiger partial charge is 2.00 e. The van der Waals surface area contributed by atoms with Crippen molar-refractivity contribution in [2.24, 2.45) is 9.98 Å². The molecule has 0 atom stereocenters. The molecule has 4 heterocycles. The van der Waals surface area contributed by atoms with Gasteiger partial charge in [-0.15, -0.1) is 34.0 Å². The van der Waals surface area contributed by atoms with Crippen molar-refractivity contribution in [3.63, 3.8) is 0 Å². The Kier molecular flexibility index (Phi) is 8.62. The van der Waals surface area contributed by atoms with E-state index in [4.69, 9.17) is 0 Å². The van der Waals surface area contributed by atoms with Gasteiger partial charge in [0.2, 0.25) is 0 Å². The van der Waals surface area contributed by atoms with E-state index in [0.29, 0.717) is 52.4 Å². The van der Waals surface area contributed by atoms with E-state index >= 15 is 0 Å². The third kappa shape index (κ3) is 6.05. The summed E-state index contributed by atoms with van der Waals surface area (Å²) < 4.78 is 0. The molecule has 0 aliphatic rings. The van der Waals surface area contributed by atoms with Gasteiger partial charge >= 0.3 is 17.1 Å². The second-order valence-electron chi connectivity index (χ2n) is 7.48. The van der Waals surface area contributed by atoms with E-state index < -0.39 is 0 Å². The quantitative estimate of drug-likeness (QED) is 0.327. The smallest absolute Gasteiger partial charge is 0.430 e. The van der Waals surface area contributed by atoms with Crippen LogP contribution in [0, 0.1) is 13.8 Å². The Hall–Kier alpha value is -2.42. The molecule has 35 heavy (non-hydrogen) atoms. The second kappa shape index (κ2) is 11.1. The van der Waals surface area contributed by atoms with Crippen LogP contribution >= 0.6 is 45.3 Å². The van der Waals surface area contributed by atoms with Gasteiger partial charge in [-0.1, -0.05) is 0 Å². The van der Waals surface area contributed by atoms with E-state index in [1.807, 2.05) is 10.8 Å². The first-order valence-electron chi connectivity index (χ1n) is 9.85. The van der Waals surface area contributed by atoms with Gasteiger partial charge in [-0.25, -0.2) is 9.97 Å². The number of aryl methyl sites for hydroxylation is 2. The number of hydrogen-bond donors (Lipinski definition) is 0. The number of carbonyl (C=O) groups is 2. The normalized spacial score (nSPS) is 12.1. The van der Waals surface area contributed by atoms with Gasteiger partial charge in [0.1, 0.15) is 15.1 Å². The number of hydrogen-bond acceptors (Lipinski definition) is 10. The van der Waals surface area contributed by atoms with Crippen molar-refractivity contribution in [1.29, 1.82) is 0 Å². The summed E-state index contributed by atoms with van der Waals surface area (Å²) in [7, 11) is 6.82. The minimum absolute atomic E-state index is 0. The molecule has 0 spiro atoms. The molecule has 0 N–H and O–H groups in total. The zero-order valence-electron chi connectivity index (χ0n) is 19.5. The fourth-order valence-electron chi connectivity index (χ4n) is 2.69. The second-order valence-corrected chi connectivity index (χ2v) is 11.1. The maximum absolute atomic E-state index is 12.2. The van der Waals surface area contributed by atoms with E-state index in [0.717, 1.165) is 0 Å². The number of amides is 2. The third-order valence-corrected chi connectivity index (χ3v) is 7.95. The average molecular weight is 596 g/mol. The molecular weight excluding hydrogens is 576 g/mol. The molecule has 4 rings (SSSR count). The molecule has 0 bridgehead atoms. The molecule has 2 amide bonds. The number of thiazole rings is 4. The van der Waals surface area contributed by atoms with Crippen LogP contribution in [0.1, 0.15) is 30.7 Å². The molecule has 4 aromatic rings. The molecule has 10 nitrogen and oxygen atoms in total. The Morgan fingerprint density at radius 1 is 0.829 bits per heavy atom. The third-order valence-electron chi connectivity index (χ3n) is 4.40. The first-order chi connectivity index (χ1) is 16.1. The standard InChI is InChI=1S/C20H22N8O2S4.Cu/c1-9-13(15(29)27(3)4)33-19(21-9)25-17-23-11(7-31-17)12-8-32-18(24-12)26-20-22-10(2)14(34-20)16(30)28(5)6;/h7-8H,1-6H3,(H2,21,22,23,24,25,26,29,30);/q;+2/p-2. The van der Waals surface area contributed by atoms with Crippen LogP contribution in [0.3, 0.4) is 0 Å². The van der Waals surface area contributed by atoms with Crippen molar-refractivity contribution in [3.8, 4) is 11.4 Å². The van der Waals surface area contributed by atoms with Crippen molar-refractivity contribution in [3.05, 3.63) is 41.5 Å². The van der Waals surface area contributed by atoms with Crippen LogP contribution in [0.2, 0.25) is 0 Å². The van der Waals surface area contributed by atoms with E-state index in [9.17, 15) is 9.59 Å². The molecule has 4 aromatic heterocycles. The Balaban J connectivity index is 0.00000342. The van der Waals surface area contributed by atoms with Crippen LogP contribution in [-0.4, -0.2) is 59.8 Å². The van der Waals surface area contributed by atoms with E-state index in [1.54, 1.807) is 42.0 Å². The van der Waals surface area contributed by atoms with Crippen LogP contribution in [0.25, 0.3) is 11.4 Å². The zero-order valence-corrected chi connectivity index (χ0v) is 23.7. The molecule has 0 unspecified atom stereocenters. The van der Waals surface area contributed by atoms with E-state index in [2.05, 4.69) is 29.9 Å².